The molecule has 0 saturated carbocycles. The molecule has 0 aliphatic rings. The number of carbonyl (C=O) groups excluding carboxylic acids is 1. The van der Waals surface area contributed by atoms with Gasteiger partial charge < -0.3 is 9.53 Å². The number of hydrogen-bond donors (Lipinski definition) is 0. The van der Waals surface area contributed by atoms with Crippen LogP contribution in [0.2, 0.25) is 0 Å². The number of methoxy groups -OCH3 is 1. The van der Waals surface area contributed by atoms with Crippen molar-refractivity contribution >= 4 is 6.29 Å². The predicted molar refractivity (Wildman–Crippen MR) is 50.5 cm³/mol. The normalized spacial score (nSPS) is 8.71. The topological polar surface area (TPSA) is 26.3 Å². The number of aldehydes is 1. The number of benzene rings is 1. The van der Waals surface area contributed by atoms with Crippen LogP contribution in [0.25, 0.3) is 0 Å². The van der Waals surface area contributed by atoms with Gasteiger partial charge in [0.1, 0.15) is 6.29 Å². The van der Waals surface area contributed by atoms with Gasteiger partial charge >= 0.3 is 0 Å². The number of carbonyl (C=O) groups is 1. The molecule has 0 heterocycles. The minimum atomic E-state index is -0.453. The molecular weight excluding hydrogens is 183 g/mol. The average molecular weight is 192 g/mol. The summed E-state index contributed by atoms with van der Waals surface area (Å²) in [6.07, 6.45) is 0.862. The van der Waals surface area contributed by atoms with Crippen molar-refractivity contribution in [3.63, 3.8) is 0 Å². The van der Waals surface area contributed by atoms with Crippen molar-refractivity contribution in [2.24, 2.45) is 0 Å². The molecule has 0 radical (unpaired) electrons. The maximum atomic E-state index is 13.1. The molecule has 0 unspecified atom stereocenters. The third kappa shape index (κ3) is 2.60. The molecule has 0 atom stereocenters. The first-order valence-corrected chi connectivity index (χ1v) is 4.04. The van der Waals surface area contributed by atoms with Gasteiger partial charge in [-0.25, -0.2) is 4.39 Å². The first kappa shape index (κ1) is 10.3. The summed E-state index contributed by atoms with van der Waals surface area (Å²) >= 11 is 0. The van der Waals surface area contributed by atoms with Gasteiger partial charge in [0.25, 0.3) is 0 Å². The Kier molecular flexibility index (Phi) is 3.69. The van der Waals surface area contributed by atoms with Crippen LogP contribution >= 0.6 is 0 Å². The van der Waals surface area contributed by atoms with Crippen molar-refractivity contribution in [2.75, 3.05) is 7.11 Å². The fourth-order valence-corrected chi connectivity index (χ4v) is 0.939. The molecule has 1 aromatic carbocycles. The zero-order valence-corrected chi connectivity index (χ0v) is 7.71. The molecule has 72 valence electrons. The van der Waals surface area contributed by atoms with Crippen LogP contribution in [0.5, 0.6) is 5.75 Å². The van der Waals surface area contributed by atoms with E-state index in [9.17, 15) is 9.18 Å². The van der Waals surface area contributed by atoms with Gasteiger partial charge in [-0.3, -0.25) is 0 Å². The molecule has 3 heteroatoms. The van der Waals surface area contributed by atoms with Gasteiger partial charge in [-0.2, -0.15) is 0 Å². The minimum absolute atomic E-state index is 0.160. The Bertz CT molecular complexity index is 388. The zero-order valence-electron chi connectivity index (χ0n) is 7.71. The van der Waals surface area contributed by atoms with Crippen LogP contribution in [0.1, 0.15) is 12.0 Å². The smallest absolute Gasteiger partial charge is 0.166 e. The SMILES string of the molecule is COc1ccc(C#CCC=O)cc1F. The average Bonchev–Trinajstić information content (AvgIpc) is 2.18. The molecule has 1 aromatic rings. The molecule has 14 heavy (non-hydrogen) atoms. The lowest BCUT2D eigenvalue weighted by atomic mass is 10.2. The number of hydrogen-bond acceptors (Lipinski definition) is 2. The van der Waals surface area contributed by atoms with Crippen LogP contribution in [0.3, 0.4) is 0 Å². The van der Waals surface area contributed by atoms with E-state index in [0.717, 1.165) is 0 Å². The van der Waals surface area contributed by atoms with E-state index < -0.39 is 5.82 Å². The van der Waals surface area contributed by atoms with Crippen molar-refractivity contribution in [2.45, 2.75) is 6.42 Å². The number of halogens is 1. The van der Waals surface area contributed by atoms with E-state index in [-0.39, 0.29) is 12.2 Å². The summed E-state index contributed by atoms with van der Waals surface area (Å²) < 4.78 is 17.8. The molecule has 0 saturated heterocycles. The van der Waals surface area contributed by atoms with Gasteiger partial charge in [-0.05, 0) is 18.2 Å². The first-order chi connectivity index (χ1) is 6.77. The van der Waals surface area contributed by atoms with Crippen molar-refractivity contribution in [1.29, 1.82) is 0 Å². The third-order valence-corrected chi connectivity index (χ3v) is 1.57. The van der Waals surface area contributed by atoms with Crippen LogP contribution in [-0.2, 0) is 4.79 Å². The molecule has 0 fully saturated rings. The van der Waals surface area contributed by atoms with Crippen molar-refractivity contribution in [1.82, 2.24) is 0 Å². The van der Waals surface area contributed by atoms with E-state index in [1.807, 2.05) is 0 Å². The van der Waals surface area contributed by atoms with E-state index >= 15 is 0 Å². The van der Waals surface area contributed by atoms with Crippen LogP contribution in [0.15, 0.2) is 18.2 Å². The molecule has 0 aromatic heterocycles. The third-order valence-electron chi connectivity index (χ3n) is 1.57. The monoisotopic (exact) mass is 192 g/mol. The minimum Gasteiger partial charge on any atom is -0.494 e. The fourth-order valence-electron chi connectivity index (χ4n) is 0.939. The summed E-state index contributed by atoms with van der Waals surface area (Å²) in [5, 5.41) is 0. The second-order valence-electron chi connectivity index (χ2n) is 2.52. The van der Waals surface area contributed by atoms with E-state index in [1.165, 1.54) is 19.2 Å². The van der Waals surface area contributed by atoms with E-state index in [4.69, 9.17) is 4.74 Å². The van der Waals surface area contributed by atoms with E-state index in [2.05, 4.69) is 11.8 Å². The van der Waals surface area contributed by atoms with Crippen LogP contribution < -0.4 is 4.74 Å². The summed E-state index contributed by atoms with van der Waals surface area (Å²) in [5.41, 5.74) is 0.533. The van der Waals surface area contributed by atoms with Gasteiger partial charge in [-0.15, -0.1) is 0 Å². The maximum Gasteiger partial charge on any atom is 0.166 e. The highest BCUT2D eigenvalue weighted by molar-refractivity contribution is 5.55. The zero-order chi connectivity index (χ0) is 10.4. The van der Waals surface area contributed by atoms with E-state index in [0.29, 0.717) is 11.8 Å². The number of ether oxygens (including phenoxy) is 1. The molecule has 0 spiro atoms. The second kappa shape index (κ2) is 5.03. The lowest BCUT2D eigenvalue weighted by molar-refractivity contribution is -0.107. The Morgan fingerprint density at radius 2 is 2.36 bits per heavy atom. The molecule has 1 rings (SSSR count). The van der Waals surface area contributed by atoms with Crippen LogP contribution in [0.4, 0.5) is 4.39 Å². The van der Waals surface area contributed by atoms with Gasteiger partial charge in [0.05, 0.1) is 13.5 Å². The fraction of sp³-hybridized carbons (Fsp3) is 0.182. The molecule has 0 N–H and O–H groups in total. The summed E-state index contributed by atoms with van der Waals surface area (Å²) in [6, 6.07) is 4.41. The van der Waals surface area contributed by atoms with Gasteiger partial charge in [0.2, 0.25) is 0 Å². The van der Waals surface area contributed by atoms with Gasteiger partial charge in [0.15, 0.2) is 11.6 Å². The van der Waals surface area contributed by atoms with E-state index in [1.54, 1.807) is 6.07 Å². The Morgan fingerprint density at radius 1 is 1.57 bits per heavy atom. The predicted octanol–water partition coefficient (Wildman–Crippen LogP) is 1.77. The largest absolute Gasteiger partial charge is 0.494 e. The molecule has 0 amide bonds. The summed E-state index contributed by atoms with van der Waals surface area (Å²) in [5.74, 6) is 4.98. The molecular formula is C11H9FO2. The Hall–Kier alpha value is -1.82. The second-order valence-corrected chi connectivity index (χ2v) is 2.52. The molecule has 0 bridgehead atoms. The highest BCUT2D eigenvalue weighted by atomic mass is 19.1. The van der Waals surface area contributed by atoms with Crippen LogP contribution in [-0.4, -0.2) is 13.4 Å². The Morgan fingerprint density at radius 3 is 2.93 bits per heavy atom. The molecule has 0 aliphatic heterocycles. The highest BCUT2D eigenvalue weighted by Gasteiger charge is 2.00. The first-order valence-electron chi connectivity index (χ1n) is 4.04. The quantitative estimate of drug-likeness (QED) is 0.527. The van der Waals surface area contributed by atoms with Crippen molar-refractivity contribution < 1.29 is 13.9 Å². The number of rotatable bonds is 2. The molecule has 2 nitrogen and oxygen atoms in total. The maximum absolute atomic E-state index is 13.1. The van der Waals surface area contributed by atoms with Crippen LogP contribution in [0, 0.1) is 17.7 Å². The van der Waals surface area contributed by atoms with Crippen molar-refractivity contribution in [3.05, 3.63) is 29.6 Å². The Balaban J connectivity index is 2.87. The van der Waals surface area contributed by atoms with Gasteiger partial charge in [-0.1, -0.05) is 11.8 Å². The summed E-state index contributed by atoms with van der Waals surface area (Å²) in [4.78, 5) is 9.97. The molecule has 0 aliphatic carbocycles. The summed E-state index contributed by atoms with van der Waals surface area (Å²) in [7, 11) is 1.40. The lowest BCUT2D eigenvalue weighted by Gasteiger charge is -2.00. The standard InChI is InChI=1S/C11H9FO2/c1-14-11-6-5-9(8-10(11)12)4-2-3-7-13/h5-8H,3H2,1H3. The highest BCUT2D eigenvalue weighted by Crippen LogP contribution is 2.16. The lowest BCUT2D eigenvalue weighted by Crippen LogP contribution is -1.88. The Labute approximate surface area is 81.7 Å². The van der Waals surface area contributed by atoms with Crippen molar-refractivity contribution in [3.8, 4) is 17.6 Å². The van der Waals surface area contributed by atoms with Gasteiger partial charge in [0, 0.05) is 5.56 Å². The summed E-state index contributed by atoms with van der Waals surface area (Å²) in [6.45, 7) is 0.